The lowest BCUT2D eigenvalue weighted by atomic mass is 9.95. The monoisotopic (exact) mass is 277 g/mol. The van der Waals surface area contributed by atoms with Crippen LogP contribution in [0.4, 0.5) is 10.1 Å². The van der Waals surface area contributed by atoms with Crippen molar-refractivity contribution < 1.29 is 14.3 Å². The van der Waals surface area contributed by atoms with Crippen LogP contribution in [0.25, 0.3) is 6.08 Å². The second kappa shape index (κ2) is 6.55. The van der Waals surface area contributed by atoms with Crippen LogP contribution in [0, 0.1) is 11.7 Å². The normalized spacial score (nSPS) is 19.5. The molecule has 0 bridgehead atoms. The highest BCUT2D eigenvalue weighted by atomic mass is 19.1. The first-order valence-electron chi connectivity index (χ1n) is 7.05. The number of hydrogen-bond acceptors (Lipinski definition) is 2. The summed E-state index contributed by atoms with van der Waals surface area (Å²) >= 11 is 0. The number of halogens is 1. The zero-order chi connectivity index (χ0) is 14.5. The summed E-state index contributed by atoms with van der Waals surface area (Å²) in [5, 5.41) is 8.64. The van der Waals surface area contributed by atoms with Crippen molar-refractivity contribution in [2.45, 2.75) is 26.2 Å². The van der Waals surface area contributed by atoms with Crippen molar-refractivity contribution in [3.63, 3.8) is 0 Å². The predicted molar refractivity (Wildman–Crippen MR) is 78.3 cm³/mol. The molecule has 0 radical (unpaired) electrons. The van der Waals surface area contributed by atoms with Crippen LogP contribution in [0.5, 0.6) is 0 Å². The summed E-state index contributed by atoms with van der Waals surface area (Å²) in [4.78, 5) is 12.7. The summed E-state index contributed by atoms with van der Waals surface area (Å²) in [6, 6.07) is 4.72. The third kappa shape index (κ3) is 3.83. The molecule has 1 unspecified atom stereocenters. The highest BCUT2D eigenvalue weighted by molar-refractivity contribution is 5.85. The second-order valence-corrected chi connectivity index (χ2v) is 5.28. The number of carboxylic acid groups (broad SMARTS) is 1. The molecule has 0 saturated carbocycles. The van der Waals surface area contributed by atoms with Crippen LogP contribution in [-0.4, -0.2) is 24.2 Å². The maximum absolute atomic E-state index is 13.7. The number of anilines is 1. The maximum atomic E-state index is 13.7. The summed E-state index contributed by atoms with van der Waals surface area (Å²) in [5.74, 6) is -0.698. The van der Waals surface area contributed by atoms with Gasteiger partial charge in [0.05, 0.1) is 0 Å². The van der Waals surface area contributed by atoms with Crippen molar-refractivity contribution in [3.05, 3.63) is 35.7 Å². The first kappa shape index (κ1) is 14.6. The molecule has 0 aliphatic carbocycles. The van der Waals surface area contributed by atoms with E-state index in [0.717, 1.165) is 37.7 Å². The van der Waals surface area contributed by atoms with Crippen molar-refractivity contribution in [1.29, 1.82) is 0 Å². The van der Waals surface area contributed by atoms with Gasteiger partial charge in [0.2, 0.25) is 0 Å². The van der Waals surface area contributed by atoms with E-state index in [-0.39, 0.29) is 5.82 Å². The molecule has 1 N–H and O–H groups in total. The molecule has 1 saturated heterocycles. The molecule has 1 atom stereocenters. The lowest BCUT2D eigenvalue weighted by molar-refractivity contribution is -0.131. The Morgan fingerprint density at radius 3 is 3.00 bits per heavy atom. The molecule has 108 valence electrons. The molecule has 1 aliphatic rings. The fourth-order valence-electron chi connectivity index (χ4n) is 2.68. The average Bonchev–Trinajstić information content (AvgIpc) is 2.44. The quantitative estimate of drug-likeness (QED) is 0.856. The molecule has 1 aromatic rings. The molecule has 1 heterocycles. The van der Waals surface area contributed by atoms with Crippen LogP contribution in [0.2, 0.25) is 0 Å². The second-order valence-electron chi connectivity index (χ2n) is 5.28. The van der Waals surface area contributed by atoms with E-state index in [4.69, 9.17) is 5.11 Å². The molecule has 0 aromatic heterocycles. The van der Waals surface area contributed by atoms with Crippen LogP contribution >= 0.6 is 0 Å². The summed E-state index contributed by atoms with van der Waals surface area (Å²) in [5.41, 5.74) is 1.43. The molecular weight excluding hydrogens is 257 g/mol. The van der Waals surface area contributed by atoms with Gasteiger partial charge in [-0.2, -0.15) is 0 Å². The number of rotatable bonds is 4. The molecule has 4 heteroatoms. The Kier molecular flexibility index (Phi) is 4.77. The highest BCUT2D eigenvalue weighted by Crippen LogP contribution is 2.26. The summed E-state index contributed by atoms with van der Waals surface area (Å²) < 4.78 is 13.7. The van der Waals surface area contributed by atoms with Crippen molar-refractivity contribution in [2.75, 3.05) is 18.0 Å². The van der Waals surface area contributed by atoms with Gasteiger partial charge in [0.15, 0.2) is 0 Å². The molecule has 1 fully saturated rings. The smallest absolute Gasteiger partial charge is 0.328 e. The van der Waals surface area contributed by atoms with Crippen molar-refractivity contribution in [2.24, 2.45) is 5.92 Å². The first-order valence-corrected chi connectivity index (χ1v) is 7.05. The lowest BCUT2D eigenvalue weighted by Gasteiger charge is -2.34. The topological polar surface area (TPSA) is 40.5 Å². The van der Waals surface area contributed by atoms with Gasteiger partial charge in [-0.25, -0.2) is 9.18 Å². The van der Waals surface area contributed by atoms with Gasteiger partial charge < -0.3 is 10.0 Å². The fraction of sp³-hybridized carbons (Fsp3) is 0.438. The number of benzene rings is 1. The minimum Gasteiger partial charge on any atom is -0.478 e. The van der Waals surface area contributed by atoms with E-state index in [1.54, 1.807) is 0 Å². The number of piperidine rings is 1. The molecule has 1 aromatic carbocycles. The number of nitrogens with zero attached hydrogens (tertiary/aromatic N) is 1. The Labute approximate surface area is 118 Å². The third-order valence-electron chi connectivity index (χ3n) is 3.78. The Bertz CT molecular complexity index is 513. The fourth-order valence-corrected chi connectivity index (χ4v) is 2.68. The summed E-state index contributed by atoms with van der Waals surface area (Å²) in [6.45, 7) is 4.06. The highest BCUT2D eigenvalue weighted by Gasteiger charge is 2.19. The predicted octanol–water partition coefficient (Wildman–Crippen LogP) is 3.55. The van der Waals surface area contributed by atoms with Crippen LogP contribution in [-0.2, 0) is 4.79 Å². The van der Waals surface area contributed by atoms with E-state index < -0.39 is 5.97 Å². The Morgan fingerprint density at radius 1 is 1.50 bits per heavy atom. The van der Waals surface area contributed by atoms with Gasteiger partial charge in [-0.3, -0.25) is 0 Å². The molecule has 1 aliphatic heterocycles. The van der Waals surface area contributed by atoms with Crippen LogP contribution < -0.4 is 4.90 Å². The third-order valence-corrected chi connectivity index (χ3v) is 3.78. The lowest BCUT2D eigenvalue weighted by Crippen LogP contribution is -2.35. The van der Waals surface area contributed by atoms with E-state index in [9.17, 15) is 9.18 Å². The minimum atomic E-state index is -1.03. The van der Waals surface area contributed by atoms with Crippen LogP contribution in [0.1, 0.15) is 31.7 Å². The zero-order valence-electron chi connectivity index (χ0n) is 11.7. The van der Waals surface area contributed by atoms with Gasteiger partial charge in [0.1, 0.15) is 5.82 Å². The van der Waals surface area contributed by atoms with Gasteiger partial charge in [-0.1, -0.05) is 13.3 Å². The van der Waals surface area contributed by atoms with Crippen molar-refractivity contribution in [3.8, 4) is 0 Å². The summed E-state index contributed by atoms with van der Waals surface area (Å²) in [7, 11) is 0. The number of carbonyl (C=O) groups is 1. The van der Waals surface area contributed by atoms with E-state index in [0.29, 0.717) is 11.5 Å². The van der Waals surface area contributed by atoms with E-state index in [1.165, 1.54) is 24.6 Å². The average molecular weight is 277 g/mol. The van der Waals surface area contributed by atoms with Gasteiger partial charge in [0, 0.05) is 24.9 Å². The van der Waals surface area contributed by atoms with Gasteiger partial charge >= 0.3 is 5.97 Å². The largest absolute Gasteiger partial charge is 0.478 e. The standard InChI is InChI=1S/C16H20FNO2/c1-2-12-4-3-7-18(11-12)15-9-13(5-6-16(19)20)8-14(17)10-15/h5-6,8-10,12H,2-4,7,11H2,1H3,(H,19,20)/b6-5+. The van der Waals surface area contributed by atoms with Crippen molar-refractivity contribution >= 4 is 17.7 Å². The molecule has 0 amide bonds. The minimum absolute atomic E-state index is 0.328. The molecule has 20 heavy (non-hydrogen) atoms. The maximum Gasteiger partial charge on any atom is 0.328 e. The Balaban J connectivity index is 2.20. The van der Waals surface area contributed by atoms with E-state index in [2.05, 4.69) is 11.8 Å². The molecule has 0 spiro atoms. The molecule has 3 nitrogen and oxygen atoms in total. The van der Waals surface area contributed by atoms with E-state index >= 15 is 0 Å². The Hall–Kier alpha value is -1.84. The zero-order valence-corrected chi connectivity index (χ0v) is 11.7. The number of hydrogen-bond donors (Lipinski definition) is 1. The van der Waals surface area contributed by atoms with Crippen LogP contribution in [0.3, 0.4) is 0 Å². The number of carboxylic acids is 1. The van der Waals surface area contributed by atoms with Gasteiger partial charge in [0.25, 0.3) is 0 Å². The van der Waals surface area contributed by atoms with Gasteiger partial charge in [-0.05, 0) is 48.6 Å². The Morgan fingerprint density at radius 2 is 2.30 bits per heavy atom. The SMILES string of the molecule is CCC1CCCN(c2cc(F)cc(/C=C/C(=O)O)c2)C1. The van der Waals surface area contributed by atoms with Gasteiger partial charge in [-0.15, -0.1) is 0 Å². The molecular formula is C16H20FNO2. The van der Waals surface area contributed by atoms with Crippen molar-refractivity contribution in [1.82, 2.24) is 0 Å². The summed E-state index contributed by atoms with van der Waals surface area (Å²) in [6.07, 6.45) is 5.95. The van der Waals surface area contributed by atoms with Crippen LogP contribution in [0.15, 0.2) is 24.3 Å². The number of aliphatic carboxylic acids is 1. The first-order chi connectivity index (χ1) is 9.58. The molecule has 2 rings (SSSR count). The van der Waals surface area contributed by atoms with E-state index in [1.807, 2.05) is 6.07 Å².